The minimum absolute atomic E-state index is 0. The number of nitrogens with zero attached hydrogens (tertiary/aromatic N) is 3. The van der Waals surface area contributed by atoms with Gasteiger partial charge in [0, 0.05) is 25.0 Å². The Bertz CT molecular complexity index is 1170. The number of carbonyl (C=O) groups is 3. The van der Waals surface area contributed by atoms with Crippen LogP contribution in [-0.4, -0.2) is 78.0 Å². The molecule has 39 heavy (non-hydrogen) atoms. The van der Waals surface area contributed by atoms with Crippen LogP contribution in [0.1, 0.15) is 51.2 Å². The first-order valence-electron chi connectivity index (χ1n) is 13.0. The van der Waals surface area contributed by atoms with E-state index in [0.717, 1.165) is 28.5 Å². The minimum atomic E-state index is -0.999. The van der Waals surface area contributed by atoms with Gasteiger partial charge in [0.2, 0.25) is 5.91 Å². The molecule has 0 spiro atoms. The van der Waals surface area contributed by atoms with Crippen molar-refractivity contribution in [2.75, 3.05) is 26.2 Å². The number of ether oxygens (including phenoxy) is 2. The average Bonchev–Trinajstić information content (AvgIpc) is 3.22. The first-order valence-corrected chi connectivity index (χ1v) is 13.0. The van der Waals surface area contributed by atoms with Gasteiger partial charge < -0.3 is 25.1 Å². The van der Waals surface area contributed by atoms with Gasteiger partial charge in [0.15, 0.2) is 0 Å². The van der Waals surface area contributed by atoms with Crippen LogP contribution in [0.5, 0.6) is 0 Å². The third-order valence-corrected chi connectivity index (χ3v) is 6.85. The minimum Gasteiger partial charge on any atom is -0.813 e. The Kier molecular flexibility index (Phi) is 8.58. The maximum Gasteiger partial charge on any atom is 0.410 e. The normalized spacial score (nSPS) is 17.3. The molecule has 1 radical (unpaired) electrons. The van der Waals surface area contributed by atoms with Gasteiger partial charge >= 0.3 is 12.2 Å². The van der Waals surface area contributed by atoms with E-state index < -0.39 is 35.8 Å². The molecule has 10 heteroatoms. The molecule has 1 fully saturated rings. The number of carbonyl (C=O) groups excluding carboxylic acids is 3. The van der Waals surface area contributed by atoms with E-state index in [4.69, 9.17) is 9.47 Å². The molecule has 1 unspecified atom stereocenters. The summed E-state index contributed by atoms with van der Waals surface area (Å²) in [7, 11) is 0. The Morgan fingerprint density at radius 3 is 2.15 bits per heavy atom. The van der Waals surface area contributed by atoms with E-state index in [1.807, 2.05) is 43.3 Å². The van der Waals surface area contributed by atoms with E-state index in [1.54, 1.807) is 20.8 Å². The summed E-state index contributed by atoms with van der Waals surface area (Å²) >= 11 is 0. The third-order valence-electron chi connectivity index (χ3n) is 6.85. The van der Waals surface area contributed by atoms with Gasteiger partial charge in [0.1, 0.15) is 18.2 Å². The fourth-order valence-electron chi connectivity index (χ4n) is 4.92. The predicted octanol–water partition coefficient (Wildman–Crippen LogP) is 4.39. The van der Waals surface area contributed by atoms with Crippen molar-refractivity contribution >= 4 is 24.3 Å². The monoisotopic (exact) mass is 781 g/mol. The van der Waals surface area contributed by atoms with Crippen LogP contribution < -0.4 is 5.32 Å². The van der Waals surface area contributed by atoms with E-state index in [9.17, 15) is 19.8 Å². The molecule has 2 aromatic rings. The van der Waals surface area contributed by atoms with Crippen LogP contribution in [0.15, 0.2) is 48.5 Å². The Morgan fingerprint density at radius 2 is 1.62 bits per heavy atom. The molecule has 0 bridgehead atoms. The summed E-state index contributed by atoms with van der Waals surface area (Å²) in [6, 6.07) is 14.6. The molecule has 1 saturated heterocycles. The van der Waals surface area contributed by atoms with Gasteiger partial charge in [-0.25, -0.2) is 9.59 Å². The maximum absolute atomic E-state index is 13.4. The molecule has 1 heterocycles. The van der Waals surface area contributed by atoms with E-state index in [0.29, 0.717) is 6.42 Å². The van der Waals surface area contributed by atoms with Gasteiger partial charge in [-0.15, -0.1) is 0 Å². The zero-order valence-electron chi connectivity index (χ0n) is 22.6. The summed E-state index contributed by atoms with van der Waals surface area (Å²) in [5, 5.41) is 12.2. The summed E-state index contributed by atoms with van der Waals surface area (Å²) in [6.07, 6.45) is 0.194. The number of benzene rings is 2. The van der Waals surface area contributed by atoms with Gasteiger partial charge in [0.25, 0.3) is 0 Å². The van der Waals surface area contributed by atoms with Crippen molar-refractivity contribution in [1.29, 1.82) is 0 Å². The van der Waals surface area contributed by atoms with E-state index in [2.05, 4.69) is 17.4 Å². The van der Waals surface area contributed by atoms with Crippen LogP contribution in [0, 0.1) is 0 Å². The standard InChI is InChI=1S/C29H35N4O5.Lr/c1-5-19(16-30)31-26(34)25-17-32(27(35)38-29(2,3)4)14-15-33(25)28(36)37-18-24-22-12-8-6-10-20(22)21-11-7-9-13-23(21)24;/h6-13,16,19,24-25H,5,14-15,17-18H2,1-4H3,(H,31,34);/q-1;/t19-,25?;/m0./s1. The average molecular weight is 782 g/mol. The van der Waals surface area contributed by atoms with Crippen molar-refractivity contribution in [2.24, 2.45) is 0 Å². The van der Waals surface area contributed by atoms with Gasteiger partial charge in [-0.05, 0) is 49.4 Å². The van der Waals surface area contributed by atoms with Crippen molar-refractivity contribution in [3.63, 3.8) is 0 Å². The summed E-state index contributed by atoms with van der Waals surface area (Å²) in [5.41, 5.74) is 3.74. The zero-order valence-corrected chi connectivity index (χ0v) is 24.8. The molecule has 0 aromatic heterocycles. The third kappa shape index (κ3) is 6.17. The van der Waals surface area contributed by atoms with Crippen LogP contribution in [0.25, 0.3) is 16.5 Å². The second kappa shape index (κ2) is 11.7. The Balaban J connectivity index is 0.00000420. The fraction of sp³-hybridized carbons (Fsp3) is 0.448. The Hall–Kier alpha value is -4.88. The molecule has 3 amide bonds. The molecule has 0 saturated carbocycles. The van der Waals surface area contributed by atoms with Crippen LogP contribution in [0.2, 0.25) is 0 Å². The summed E-state index contributed by atoms with van der Waals surface area (Å²) < 4.78 is 11.3. The quantitative estimate of drug-likeness (QED) is 0.438. The molecule has 217 valence electrons. The number of fused-ring (bicyclic) bond motifs is 3. The molecular formula is C29H35LrN4O5-. The van der Waals surface area contributed by atoms with Crippen LogP contribution in [-0.2, 0) is 14.3 Å². The van der Waals surface area contributed by atoms with E-state index in [-0.39, 0.29) is 32.2 Å². The van der Waals surface area contributed by atoms with Gasteiger partial charge in [-0.1, -0.05) is 55.5 Å². The van der Waals surface area contributed by atoms with Crippen molar-refractivity contribution in [3.8, 4) is 11.1 Å². The van der Waals surface area contributed by atoms with E-state index in [1.165, 1.54) is 9.80 Å². The van der Waals surface area contributed by atoms with E-state index >= 15 is 0 Å². The maximum atomic E-state index is 13.4. The van der Waals surface area contributed by atoms with Crippen molar-refractivity contribution in [2.45, 2.75) is 57.7 Å². The number of piperazine rings is 1. The molecule has 1 N–H and O–H groups in total. The smallest absolute Gasteiger partial charge is 0.410 e. The van der Waals surface area contributed by atoms with Gasteiger partial charge in [-0.2, -0.15) is 6.21 Å². The summed E-state index contributed by atoms with van der Waals surface area (Å²) in [4.78, 5) is 42.1. The topological polar surface area (TPSA) is 110 Å². The van der Waals surface area contributed by atoms with Crippen LogP contribution in [0.3, 0.4) is 0 Å². The number of amides is 3. The predicted molar refractivity (Wildman–Crippen MR) is 145 cm³/mol. The zero-order chi connectivity index (χ0) is 27.4. The molecule has 4 rings (SSSR count). The molecule has 1 aliphatic heterocycles. The van der Waals surface area contributed by atoms with Crippen molar-refractivity contribution in [3.05, 3.63) is 65.1 Å². The van der Waals surface area contributed by atoms with Crippen LogP contribution >= 0.6 is 0 Å². The molecule has 9 nitrogen and oxygen atoms in total. The molecule has 1 aliphatic carbocycles. The SMILES string of the molecule is CC[C@@H](C=[N-])NC(=O)C1CN(C(=O)OC(C)(C)C)CCN1C(=O)OCC1c2ccccc2-c2ccccc21.[Lr]. The fourth-order valence-corrected chi connectivity index (χ4v) is 4.92. The first kappa shape index (κ1) is 28.7. The second-order valence-corrected chi connectivity index (χ2v) is 10.6. The van der Waals surface area contributed by atoms with Crippen LogP contribution in [0.4, 0.5) is 9.59 Å². The number of nitrogens with one attached hydrogen (secondary N) is 1. The molecule has 2 aromatic carbocycles. The second-order valence-electron chi connectivity index (χ2n) is 10.6. The van der Waals surface area contributed by atoms with Gasteiger partial charge in [-0.3, -0.25) is 9.69 Å². The van der Waals surface area contributed by atoms with Gasteiger partial charge in [0.05, 0.1) is 6.54 Å². The summed E-state index contributed by atoms with van der Waals surface area (Å²) in [6.45, 7) is 7.50. The van der Waals surface area contributed by atoms with Crippen molar-refractivity contribution in [1.82, 2.24) is 15.1 Å². The summed E-state index contributed by atoms with van der Waals surface area (Å²) in [5.74, 6) is -0.598. The number of rotatable bonds is 6. The molecule has 2 aliphatic rings. The molecule has 2 atom stereocenters. The number of hydrogen-bond acceptors (Lipinski definition) is 5. The number of hydrogen-bond donors (Lipinski definition) is 1. The Morgan fingerprint density at radius 1 is 1.03 bits per heavy atom. The molecular weight excluding hydrogens is 746 g/mol. The largest absolute Gasteiger partial charge is 0.813 e. The first-order chi connectivity index (χ1) is 18.1. The van der Waals surface area contributed by atoms with Crippen molar-refractivity contribution < 1.29 is 23.9 Å². The Labute approximate surface area is 223 Å².